The van der Waals surface area contributed by atoms with Gasteiger partial charge in [-0.25, -0.2) is 9.97 Å². The van der Waals surface area contributed by atoms with E-state index in [1.54, 1.807) is 30.1 Å². The van der Waals surface area contributed by atoms with Gasteiger partial charge in [0.25, 0.3) is 5.91 Å². The molecule has 128 valence electrons. The van der Waals surface area contributed by atoms with Gasteiger partial charge in [-0.1, -0.05) is 30.3 Å². The molecule has 25 heavy (non-hydrogen) atoms. The van der Waals surface area contributed by atoms with Crippen LogP contribution in [0.1, 0.15) is 16.2 Å². The van der Waals surface area contributed by atoms with Crippen LogP contribution in [0, 0.1) is 0 Å². The normalized spacial score (nSPS) is 10.5. The third kappa shape index (κ3) is 3.82. The molecule has 2 aromatic heterocycles. The summed E-state index contributed by atoms with van der Waals surface area (Å²) in [5, 5.41) is 7.30. The fourth-order valence-corrected chi connectivity index (χ4v) is 2.39. The summed E-state index contributed by atoms with van der Waals surface area (Å²) in [6, 6.07) is 13.3. The van der Waals surface area contributed by atoms with Crippen molar-refractivity contribution in [1.29, 1.82) is 0 Å². The smallest absolute Gasteiger partial charge is 0.269 e. The van der Waals surface area contributed by atoms with Crippen molar-refractivity contribution in [2.45, 2.75) is 6.54 Å². The van der Waals surface area contributed by atoms with Crippen LogP contribution in [0.25, 0.3) is 11.3 Å². The molecule has 0 atom stereocenters. The van der Waals surface area contributed by atoms with E-state index in [9.17, 15) is 4.79 Å². The molecule has 0 aliphatic heterocycles. The van der Waals surface area contributed by atoms with E-state index in [0.29, 0.717) is 18.2 Å². The molecular formula is C18H20N6O. The number of hydrogen-bond acceptors (Lipinski definition) is 5. The maximum Gasteiger partial charge on any atom is 0.269 e. The Kier molecular flexibility index (Phi) is 4.74. The summed E-state index contributed by atoms with van der Waals surface area (Å²) in [5.41, 5.74) is 2.99. The van der Waals surface area contributed by atoms with E-state index < -0.39 is 0 Å². The first-order chi connectivity index (χ1) is 12.0. The van der Waals surface area contributed by atoms with E-state index in [4.69, 9.17) is 0 Å². The molecule has 0 saturated heterocycles. The van der Waals surface area contributed by atoms with Crippen LogP contribution in [0.5, 0.6) is 0 Å². The van der Waals surface area contributed by atoms with Gasteiger partial charge in [-0.2, -0.15) is 5.10 Å². The standard InChI is InChI=1S/C18H20N6O/c1-23(2)18-19-10-9-14(21-18)12-20-17(25)16-11-15(22-24(16)3)13-7-5-4-6-8-13/h4-11H,12H2,1-3H3,(H,20,25). The fraction of sp³-hybridized carbons (Fsp3) is 0.222. The number of hydrogen-bond donors (Lipinski definition) is 1. The lowest BCUT2D eigenvalue weighted by Gasteiger charge is -2.11. The molecule has 0 radical (unpaired) electrons. The van der Waals surface area contributed by atoms with Crippen molar-refractivity contribution in [3.8, 4) is 11.3 Å². The van der Waals surface area contributed by atoms with Crippen molar-refractivity contribution in [3.63, 3.8) is 0 Å². The predicted molar refractivity (Wildman–Crippen MR) is 96.2 cm³/mol. The summed E-state index contributed by atoms with van der Waals surface area (Å²) < 4.78 is 1.59. The molecule has 1 N–H and O–H groups in total. The van der Waals surface area contributed by atoms with Gasteiger partial charge in [0, 0.05) is 32.9 Å². The number of rotatable bonds is 5. The lowest BCUT2D eigenvalue weighted by Crippen LogP contribution is -2.26. The molecule has 7 nitrogen and oxygen atoms in total. The van der Waals surface area contributed by atoms with Crippen LogP contribution in [0.4, 0.5) is 5.95 Å². The van der Waals surface area contributed by atoms with E-state index in [-0.39, 0.29) is 5.91 Å². The van der Waals surface area contributed by atoms with Gasteiger partial charge < -0.3 is 10.2 Å². The Morgan fingerprint density at radius 2 is 1.96 bits per heavy atom. The van der Waals surface area contributed by atoms with Gasteiger partial charge in [0.2, 0.25) is 5.95 Å². The third-order valence-corrected chi connectivity index (χ3v) is 3.71. The minimum Gasteiger partial charge on any atom is -0.347 e. The number of benzene rings is 1. The maximum absolute atomic E-state index is 12.5. The molecule has 3 aromatic rings. The van der Waals surface area contributed by atoms with Crippen LogP contribution in [-0.4, -0.2) is 39.8 Å². The molecule has 2 heterocycles. The Balaban J connectivity index is 1.72. The van der Waals surface area contributed by atoms with Crippen molar-refractivity contribution in [1.82, 2.24) is 25.1 Å². The van der Waals surface area contributed by atoms with Crippen LogP contribution in [0.2, 0.25) is 0 Å². The number of aryl methyl sites for hydroxylation is 1. The van der Waals surface area contributed by atoms with Crippen LogP contribution >= 0.6 is 0 Å². The van der Waals surface area contributed by atoms with Crippen molar-refractivity contribution >= 4 is 11.9 Å². The molecule has 0 aliphatic carbocycles. The number of nitrogens with one attached hydrogen (secondary N) is 1. The SMILES string of the molecule is CN(C)c1nccc(CNC(=O)c2cc(-c3ccccc3)nn2C)n1. The van der Waals surface area contributed by atoms with E-state index in [0.717, 1.165) is 17.0 Å². The number of aromatic nitrogens is 4. The number of nitrogens with zero attached hydrogens (tertiary/aromatic N) is 5. The highest BCUT2D eigenvalue weighted by Gasteiger charge is 2.14. The number of carbonyl (C=O) groups excluding carboxylic acids is 1. The topological polar surface area (TPSA) is 75.9 Å². The van der Waals surface area contributed by atoms with E-state index >= 15 is 0 Å². The highest BCUT2D eigenvalue weighted by molar-refractivity contribution is 5.93. The molecule has 0 fully saturated rings. The van der Waals surface area contributed by atoms with E-state index in [2.05, 4.69) is 20.4 Å². The monoisotopic (exact) mass is 336 g/mol. The van der Waals surface area contributed by atoms with Gasteiger partial charge in [0.05, 0.1) is 17.9 Å². The van der Waals surface area contributed by atoms with Gasteiger partial charge in [-0.05, 0) is 12.1 Å². The Bertz CT molecular complexity index is 872. The fourth-order valence-electron chi connectivity index (χ4n) is 2.39. The summed E-state index contributed by atoms with van der Waals surface area (Å²) in [7, 11) is 5.51. The zero-order chi connectivity index (χ0) is 17.8. The molecule has 0 unspecified atom stereocenters. The quantitative estimate of drug-likeness (QED) is 0.770. The first-order valence-electron chi connectivity index (χ1n) is 7.91. The maximum atomic E-state index is 12.5. The average molecular weight is 336 g/mol. The second-order valence-corrected chi connectivity index (χ2v) is 5.83. The Hall–Kier alpha value is -3.22. The predicted octanol–water partition coefficient (Wildman–Crippen LogP) is 1.87. The van der Waals surface area contributed by atoms with Crippen molar-refractivity contribution in [2.75, 3.05) is 19.0 Å². The lowest BCUT2D eigenvalue weighted by molar-refractivity contribution is 0.0941. The molecule has 0 aliphatic rings. The summed E-state index contributed by atoms with van der Waals surface area (Å²) >= 11 is 0. The Labute approximate surface area is 146 Å². The molecule has 0 bridgehead atoms. The second-order valence-electron chi connectivity index (χ2n) is 5.83. The molecular weight excluding hydrogens is 316 g/mol. The number of carbonyl (C=O) groups is 1. The summed E-state index contributed by atoms with van der Waals surface area (Å²) in [6.07, 6.45) is 1.68. The minimum absolute atomic E-state index is 0.192. The van der Waals surface area contributed by atoms with Crippen LogP contribution < -0.4 is 10.2 Å². The minimum atomic E-state index is -0.192. The van der Waals surface area contributed by atoms with Crippen LogP contribution in [0.3, 0.4) is 0 Å². The average Bonchev–Trinajstić information content (AvgIpc) is 3.02. The first-order valence-corrected chi connectivity index (χ1v) is 7.91. The van der Waals surface area contributed by atoms with Crippen LogP contribution in [-0.2, 0) is 13.6 Å². The lowest BCUT2D eigenvalue weighted by atomic mass is 10.1. The van der Waals surface area contributed by atoms with Gasteiger partial charge in [0.1, 0.15) is 5.69 Å². The molecule has 1 aromatic carbocycles. The molecule has 7 heteroatoms. The van der Waals surface area contributed by atoms with Crippen molar-refractivity contribution in [2.24, 2.45) is 7.05 Å². The number of anilines is 1. The largest absolute Gasteiger partial charge is 0.347 e. The third-order valence-electron chi connectivity index (χ3n) is 3.71. The molecule has 0 spiro atoms. The highest BCUT2D eigenvalue weighted by atomic mass is 16.2. The van der Waals surface area contributed by atoms with Crippen molar-refractivity contribution in [3.05, 3.63) is 60.0 Å². The van der Waals surface area contributed by atoms with Gasteiger partial charge in [-0.15, -0.1) is 0 Å². The van der Waals surface area contributed by atoms with Gasteiger partial charge in [0.15, 0.2) is 0 Å². The van der Waals surface area contributed by atoms with Gasteiger partial charge in [-0.3, -0.25) is 9.48 Å². The van der Waals surface area contributed by atoms with Crippen molar-refractivity contribution < 1.29 is 4.79 Å². The second kappa shape index (κ2) is 7.12. The highest BCUT2D eigenvalue weighted by Crippen LogP contribution is 2.18. The first kappa shape index (κ1) is 16.6. The van der Waals surface area contributed by atoms with Gasteiger partial charge >= 0.3 is 0 Å². The Morgan fingerprint density at radius 3 is 2.68 bits per heavy atom. The molecule has 3 rings (SSSR count). The van der Waals surface area contributed by atoms with Crippen LogP contribution in [0.15, 0.2) is 48.7 Å². The molecule has 1 amide bonds. The Morgan fingerprint density at radius 1 is 1.20 bits per heavy atom. The summed E-state index contributed by atoms with van der Waals surface area (Å²) in [6.45, 7) is 0.327. The summed E-state index contributed by atoms with van der Waals surface area (Å²) in [5.74, 6) is 0.417. The zero-order valence-corrected chi connectivity index (χ0v) is 14.5. The zero-order valence-electron chi connectivity index (χ0n) is 14.5. The van der Waals surface area contributed by atoms with E-state index in [1.807, 2.05) is 49.3 Å². The van der Waals surface area contributed by atoms with E-state index in [1.165, 1.54) is 0 Å². The number of amides is 1. The summed E-state index contributed by atoms with van der Waals surface area (Å²) in [4.78, 5) is 22.8. The molecule has 0 saturated carbocycles.